The summed E-state index contributed by atoms with van der Waals surface area (Å²) in [5, 5.41) is 0.834. The van der Waals surface area contributed by atoms with Crippen molar-refractivity contribution in [2.45, 2.75) is 51.5 Å². The Morgan fingerprint density at radius 2 is 1.48 bits per heavy atom. The summed E-state index contributed by atoms with van der Waals surface area (Å²) < 4.78 is 0. The molecule has 2 nitrogen and oxygen atoms in total. The lowest BCUT2D eigenvalue weighted by atomic mass is 9.93. The van der Waals surface area contributed by atoms with E-state index in [2.05, 4.69) is 21.9 Å². The fraction of sp³-hybridized carbons (Fsp3) is 0.700. The average Bonchev–Trinajstić information content (AvgIpc) is 2.85. The van der Waals surface area contributed by atoms with Crippen molar-refractivity contribution in [1.29, 1.82) is 0 Å². The molecule has 0 atom stereocenters. The van der Waals surface area contributed by atoms with Crippen LogP contribution in [0.1, 0.15) is 50.5 Å². The lowest BCUT2D eigenvalue weighted by molar-refractivity contribution is 0.159. The van der Waals surface area contributed by atoms with Crippen molar-refractivity contribution in [1.82, 2.24) is 9.80 Å². The largest absolute Gasteiger partial charge is 0.303 e. The van der Waals surface area contributed by atoms with E-state index in [1.165, 1.54) is 83.2 Å². The molecule has 2 aliphatic heterocycles. The standard InChI is InChI=1S/C20H31ClN2/c21-20-7-5-19(6-8-20)17-23-15-10-18(11-16-23)9-14-22-12-3-1-2-4-13-22/h5-8,18H,1-4,9-17H2. The molecule has 0 saturated carbocycles. The van der Waals surface area contributed by atoms with E-state index in [4.69, 9.17) is 11.6 Å². The molecular weight excluding hydrogens is 304 g/mol. The van der Waals surface area contributed by atoms with Gasteiger partial charge in [-0.2, -0.15) is 0 Å². The van der Waals surface area contributed by atoms with Gasteiger partial charge in [0.1, 0.15) is 0 Å². The Labute approximate surface area is 146 Å². The fourth-order valence-corrected chi connectivity index (χ4v) is 4.13. The highest BCUT2D eigenvalue weighted by Crippen LogP contribution is 2.23. The van der Waals surface area contributed by atoms with Crippen LogP contribution in [0, 0.1) is 5.92 Å². The molecular formula is C20H31ClN2. The minimum absolute atomic E-state index is 0.834. The number of nitrogens with zero attached hydrogens (tertiary/aromatic N) is 2. The molecule has 0 bridgehead atoms. The molecule has 128 valence electrons. The summed E-state index contributed by atoms with van der Waals surface area (Å²) in [5.41, 5.74) is 1.39. The van der Waals surface area contributed by atoms with Gasteiger partial charge in [-0.1, -0.05) is 36.6 Å². The normalized spacial score (nSPS) is 22.1. The molecule has 1 aromatic carbocycles. The monoisotopic (exact) mass is 334 g/mol. The summed E-state index contributed by atoms with van der Waals surface area (Å²) in [6.07, 6.45) is 9.88. The molecule has 2 aliphatic rings. The van der Waals surface area contributed by atoms with Gasteiger partial charge in [0.25, 0.3) is 0 Å². The van der Waals surface area contributed by atoms with E-state index in [-0.39, 0.29) is 0 Å². The maximum Gasteiger partial charge on any atom is 0.0406 e. The molecule has 2 heterocycles. The summed E-state index contributed by atoms with van der Waals surface area (Å²) >= 11 is 5.96. The molecule has 23 heavy (non-hydrogen) atoms. The molecule has 0 N–H and O–H groups in total. The second kappa shape index (κ2) is 9.05. The first-order valence-electron chi connectivity index (χ1n) is 9.49. The van der Waals surface area contributed by atoms with E-state index < -0.39 is 0 Å². The SMILES string of the molecule is Clc1ccc(CN2CCC(CCN3CCCCCC3)CC2)cc1. The zero-order valence-electron chi connectivity index (χ0n) is 14.4. The zero-order chi connectivity index (χ0) is 15.9. The third kappa shape index (κ3) is 5.77. The summed E-state index contributed by atoms with van der Waals surface area (Å²) in [5.74, 6) is 0.944. The van der Waals surface area contributed by atoms with Crippen molar-refractivity contribution in [3.8, 4) is 0 Å². The summed E-state index contributed by atoms with van der Waals surface area (Å²) in [6.45, 7) is 7.61. The highest BCUT2D eigenvalue weighted by molar-refractivity contribution is 6.30. The van der Waals surface area contributed by atoms with Crippen molar-refractivity contribution in [2.75, 3.05) is 32.7 Å². The molecule has 0 unspecified atom stereocenters. The highest BCUT2D eigenvalue weighted by Gasteiger charge is 2.20. The third-order valence-corrected chi connectivity index (χ3v) is 5.83. The highest BCUT2D eigenvalue weighted by atomic mass is 35.5. The maximum absolute atomic E-state index is 5.96. The van der Waals surface area contributed by atoms with Crippen molar-refractivity contribution in [2.24, 2.45) is 5.92 Å². The number of piperidine rings is 1. The molecule has 0 aromatic heterocycles. The van der Waals surface area contributed by atoms with Crippen molar-refractivity contribution in [3.05, 3.63) is 34.9 Å². The summed E-state index contributed by atoms with van der Waals surface area (Å²) in [6, 6.07) is 8.33. The van der Waals surface area contributed by atoms with Crippen LogP contribution in [0.5, 0.6) is 0 Å². The Bertz CT molecular complexity index is 443. The van der Waals surface area contributed by atoms with Crippen LogP contribution in [-0.4, -0.2) is 42.5 Å². The lowest BCUT2D eigenvalue weighted by Crippen LogP contribution is -2.35. The zero-order valence-corrected chi connectivity index (χ0v) is 15.1. The second-order valence-corrected chi connectivity index (χ2v) is 7.83. The molecule has 0 spiro atoms. The topological polar surface area (TPSA) is 6.48 Å². The van der Waals surface area contributed by atoms with Crippen LogP contribution in [0.2, 0.25) is 5.02 Å². The van der Waals surface area contributed by atoms with Gasteiger partial charge in [-0.05, 0) is 88.4 Å². The van der Waals surface area contributed by atoms with Gasteiger partial charge in [-0.15, -0.1) is 0 Å². The molecule has 2 fully saturated rings. The molecule has 3 rings (SSSR count). The van der Waals surface area contributed by atoms with Crippen molar-refractivity contribution in [3.63, 3.8) is 0 Å². The summed E-state index contributed by atoms with van der Waals surface area (Å²) in [7, 11) is 0. The van der Waals surface area contributed by atoms with Gasteiger partial charge in [-0.25, -0.2) is 0 Å². The number of benzene rings is 1. The van der Waals surface area contributed by atoms with Crippen LogP contribution in [0.15, 0.2) is 24.3 Å². The first-order valence-corrected chi connectivity index (χ1v) is 9.86. The third-order valence-electron chi connectivity index (χ3n) is 5.58. The molecule has 2 saturated heterocycles. The van der Waals surface area contributed by atoms with Crippen molar-refractivity contribution < 1.29 is 0 Å². The predicted molar refractivity (Wildman–Crippen MR) is 99.0 cm³/mol. The van der Waals surface area contributed by atoms with E-state index in [0.717, 1.165) is 17.5 Å². The Hall–Kier alpha value is -0.570. The Balaban J connectivity index is 1.35. The Morgan fingerprint density at radius 1 is 0.826 bits per heavy atom. The van der Waals surface area contributed by atoms with Gasteiger partial charge in [0, 0.05) is 11.6 Å². The Morgan fingerprint density at radius 3 is 2.13 bits per heavy atom. The maximum atomic E-state index is 5.96. The van der Waals surface area contributed by atoms with Crippen LogP contribution in [0.25, 0.3) is 0 Å². The van der Waals surface area contributed by atoms with Gasteiger partial charge in [-0.3, -0.25) is 4.90 Å². The molecule has 0 radical (unpaired) electrons. The van der Waals surface area contributed by atoms with Gasteiger partial charge in [0.05, 0.1) is 0 Å². The van der Waals surface area contributed by atoms with E-state index in [1.807, 2.05) is 12.1 Å². The number of hydrogen-bond acceptors (Lipinski definition) is 2. The first-order chi connectivity index (χ1) is 11.3. The number of rotatable bonds is 5. The smallest absolute Gasteiger partial charge is 0.0406 e. The van der Waals surface area contributed by atoms with Crippen molar-refractivity contribution >= 4 is 11.6 Å². The molecule has 0 amide bonds. The van der Waals surface area contributed by atoms with Crippen LogP contribution in [-0.2, 0) is 6.54 Å². The average molecular weight is 335 g/mol. The summed E-state index contributed by atoms with van der Waals surface area (Å²) in [4.78, 5) is 5.32. The van der Waals surface area contributed by atoms with Gasteiger partial charge in [0.15, 0.2) is 0 Å². The Kier molecular flexibility index (Phi) is 6.79. The van der Waals surface area contributed by atoms with Gasteiger partial charge in [0.2, 0.25) is 0 Å². The number of hydrogen-bond donors (Lipinski definition) is 0. The van der Waals surface area contributed by atoms with Gasteiger partial charge >= 0.3 is 0 Å². The minimum atomic E-state index is 0.834. The second-order valence-electron chi connectivity index (χ2n) is 7.39. The first kappa shape index (κ1) is 17.3. The fourth-order valence-electron chi connectivity index (χ4n) is 4.01. The minimum Gasteiger partial charge on any atom is -0.303 e. The van der Waals surface area contributed by atoms with E-state index in [1.54, 1.807) is 0 Å². The molecule has 0 aliphatic carbocycles. The van der Waals surface area contributed by atoms with E-state index >= 15 is 0 Å². The number of halogens is 1. The molecule has 3 heteroatoms. The lowest BCUT2D eigenvalue weighted by Gasteiger charge is -2.33. The van der Waals surface area contributed by atoms with Crippen LogP contribution in [0.4, 0.5) is 0 Å². The van der Waals surface area contributed by atoms with Crippen LogP contribution in [0.3, 0.4) is 0 Å². The van der Waals surface area contributed by atoms with E-state index in [0.29, 0.717) is 0 Å². The number of likely N-dealkylation sites (tertiary alicyclic amines) is 2. The van der Waals surface area contributed by atoms with E-state index in [9.17, 15) is 0 Å². The predicted octanol–water partition coefficient (Wildman–Crippen LogP) is 4.82. The quantitative estimate of drug-likeness (QED) is 0.761. The van der Waals surface area contributed by atoms with Crippen LogP contribution >= 0.6 is 11.6 Å². The molecule has 1 aromatic rings. The van der Waals surface area contributed by atoms with Crippen LogP contribution < -0.4 is 0 Å². The van der Waals surface area contributed by atoms with Gasteiger partial charge < -0.3 is 4.90 Å².